The Morgan fingerprint density at radius 2 is 2.24 bits per heavy atom. The van der Waals surface area contributed by atoms with Crippen molar-refractivity contribution in [1.82, 2.24) is 4.98 Å². The lowest BCUT2D eigenvalue weighted by atomic mass is 10.1. The van der Waals surface area contributed by atoms with E-state index in [1.807, 2.05) is 17.5 Å². The highest BCUT2D eigenvalue weighted by Crippen LogP contribution is 2.54. The molecule has 4 rings (SSSR count). The van der Waals surface area contributed by atoms with E-state index in [1.54, 1.807) is 23.5 Å². The van der Waals surface area contributed by atoms with Gasteiger partial charge in [-0.1, -0.05) is 18.2 Å². The fourth-order valence-corrected chi connectivity index (χ4v) is 3.73. The smallest absolute Gasteiger partial charge is 0.232 e. The van der Waals surface area contributed by atoms with Gasteiger partial charge in [0, 0.05) is 17.3 Å². The maximum absolute atomic E-state index is 13.4. The third kappa shape index (κ3) is 3.42. The van der Waals surface area contributed by atoms with E-state index in [1.165, 1.54) is 10.9 Å². The van der Waals surface area contributed by atoms with Crippen LogP contribution in [0.25, 0.3) is 0 Å². The van der Waals surface area contributed by atoms with Crippen LogP contribution in [0, 0.1) is 17.1 Å². The molecular weight excluding hydrogens is 337 g/mol. The summed E-state index contributed by atoms with van der Waals surface area (Å²) in [5.74, 6) is 1.08. The summed E-state index contributed by atoms with van der Waals surface area (Å²) in [4.78, 5) is 5.60. The molecule has 1 N–H and O–H groups in total. The molecule has 2 atom stereocenters. The van der Waals surface area contributed by atoms with Crippen molar-refractivity contribution in [3.8, 4) is 6.07 Å². The Morgan fingerprint density at radius 3 is 3.00 bits per heavy atom. The number of aromatic nitrogens is 1. The molecule has 0 saturated heterocycles. The highest BCUT2D eigenvalue weighted by molar-refractivity contribution is 7.09. The van der Waals surface area contributed by atoms with Crippen molar-refractivity contribution in [2.45, 2.75) is 24.7 Å². The SMILES string of the molecule is N#Cc1nc(C2CC2c2cccc(F)c2)oc1NCCc1cccs1. The van der Waals surface area contributed by atoms with Gasteiger partial charge in [0.2, 0.25) is 17.5 Å². The van der Waals surface area contributed by atoms with Crippen LogP contribution in [-0.4, -0.2) is 11.5 Å². The van der Waals surface area contributed by atoms with Gasteiger partial charge < -0.3 is 9.73 Å². The predicted molar refractivity (Wildman–Crippen MR) is 94.2 cm³/mol. The zero-order chi connectivity index (χ0) is 17.2. The minimum Gasteiger partial charge on any atom is -0.424 e. The van der Waals surface area contributed by atoms with Crippen LogP contribution in [0.15, 0.2) is 46.2 Å². The maximum atomic E-state index is 13.4. The lowest BCUT2D eigenvalue weighted by Gasteiger charge is -2.01. The van der Waals surface area contributed by atoms with Crippen LogP contribution < -0.4 is 5.32 Å². The summed E-state index contributed by atoms with van der Waals surface area (Å²) in [6.45, 7) is 0.682. The third-order valence-corrected chi connectivity index (χ3v) is 5.31. The van der Waals surface area contributed by atoms with E-state index in [0.29, 0.717) is 18.3 Å². The molecule has 0 radical (unpaired) electrons. The van der Waals surface area contributed by atoms with Crippen molar-refractivity contribution >= 4 is 17.2 Å². The first-order chi connectivity index (χ1) is 12.2. The molecule has 4 nitrogen and oxygen atoms in total. The zero-order valence-corrected chi connectivity index (χ0v) is 14.2. The summed E-state index contributed by atoms with van der Waals surface area (Å²) in [5.41, 5.74) is 1.24. The molecule has 0 aliphatic heterocycles. The molecule has 0 bridgehead atoms. The number of hydrogen-bond donors (Lipinski definition) is 1. The van der Waals surface area contributed by atoms with Gasteiger partial charge in [0.05, 0.1) is 0 Å². The summed E-state index contributed by atoms with van der Waals surface area (Å²) in [6.07, 6.45) is 1.73. The maximum Gasteiger partial charge on any atom is 0.232 e. The Kier molecular flexibility index (Phi) is 4.24. The van der Waals surface area contributed by atoms with Crippen LogP contribution in [0.2, 0.25) is 0 Å². The standard InChI is InChI=1S/C19H16FN3OS/c20-13-4-1-3-12(9-13)15-10-16(15)18-23-17(11-21)19(24-18)22-7-6-14-5-2-8-25-14/h1-5,8-9,15-16,22H,6-7,10H2. The van der Waals surface area contributed by atoms with Crippen molar-refractivity contribution in [2.24, 2.45) is 0 Å². The first-order valence-corrected chi connectivity index (χ1v) is 9.05. The van der Waals surface area contributed by atoms with Crippen molar-refractivity contribution in [1.29, 1.82) is 5.26 Å². The number of rotatable bonds is 6. The summed E-state index contributed by atoms with van der Waals surface area (Å²) < 4.78 is 19.2. The fourth-order valence-electron chi connectivity index (χ4n) is 3.02. The van der Waals surface area contributed by atoms with Crippen LogP contribution in [0.4, 0.5) is 10.3 Å². The van der Waals surface area contributed by atoms with Crippen molar-refractivity contribution in [3.63, 3.8) is 0 Å². The Labute approximate surface area is 148 Å². The molecule has 6 heteroatoms. The number of benzene rings is 1. The quantitative estimate of drug-likeness (QED) is 0.699. The summed E-state index contributed by atoms with van der Waals surface area (Å²) in [6, 6.07) is 12.8. The van der Waals surface area contributed by atoms with E-state index >= 15 is 0 Å². The summed E-state index contributed by atoms with van der Waals surface area (Å²) in [7, 11) is 0. The van der Waals surface area contributed by atoms with Gasteiger partial charge in [0.25, 0.3) is 0 Å². The number of hydrogen-bond acceptors (Lipinski definition) is 5. The Hall–Kier alpha value is -2.65. The number of thiophene rings is 1. The molecule has 3 aromatic rings. The number of nitrogens with zero attached hydrogens (tertiary/aromatic N) is 2. The number of nitriles is 1. The van der Waals surface area contributed by atoms with Gasteiger partial charge in [0.15, 0.2) is 0 Å². The topological polar surface area (TPSA) is 61.9 Å². The van der Waals surface area contributed by atoms with Gasteiger partial charge in [-0.25, -0.2) is 9.37 Å². The molecule has 126 valence electrons. The molecule has 1 aliphatic rings. The molecular formula is C19H16FN3OS. The van der Waals surface area contributed by atoms with Crippen LogP contribution in [0.1, 0.15) is 40.3 Å². The van der Waals surface area contributed by atoms with E-state index in [4.69, 9.17) is 4.42 Å². The zero-order valence-electron chi connectivity index (χ0n) is 13.4. The van der Waals surface area contributed by atoms with Crippen LogP contribution >= 0.6 is 11.3 Å². The van der Waals surface area contributed by atoms with Gasteiger partial charge in [-0.3, -0.25) is 0 Å². The highest BCUT2D eigenvalue weighted by Gasteiger charge is 2.43. The number of oxazole rings is 1. The van der Waals surface area contributed by atoms with Gasteiger partial charge >= 0.3 is 0 Å². The molecule has 2 aromatic heterocycles. The van der Waals surface area contributed by atoms with Crippen molar-refractivity contribution < 1.29 is 8.81 Å². The molecule has 1 saturated carbocycles. The van der Waals surface area contributed by atoms with Gasteiger partial charge in [-0.05, 0) is 47.9 Å². The van der Waals surface area contributed by atoms with Crippen LogP contribution in [0.3, 0.4) is 0 Å². The molecule has 1 aromatic carbocycles. The molecule has 1 aliphatic carbocycles. The first kappa shape index (κ1) is 15.9. The highest BCUT2D eigenvalue weighted by atomic mass is 32.1. The summed E-state index contributed by atoms with van der Waals surface area (Å²) >= 11 is 1.71. The lowest BCUT2D eigenvalue weighted by molar-refractivity contribution is 0.505. The molecule has 2 unspecified atom stereocenters. The molecule has 1 fully saturated rings. The average Bonchev–Trinajstić information content (AvgIpc) is 3.04. The third-order valence-electron chi connectivity index (χ3n) is 4.37. The van der Waals surface area contributed by atoms with Crippen molar-refractivity contribution in [3.05, 3.63) is 69.6 Å². The minimum absolute atomic E-state index is 0.113. The molecule has 0 spiro atoms. The minimum atomic E-state index is -0.232. The second-order valence-corrected chi connectivity index (χ2v) is 7.13. The number of anilines is 1. The first-order valence-electron chi connectivity index (χ1n) is 8.17. The van der Waals surface area contributed by atoms with E-state index in [0.717, 1.165) is 18.4 Å². The fraction of sp³-hybridized carbons (Fsp3) is 0.263. The normalized spacial score (nSPS) is 18.7. The molecule has 0 amide bonds. The van der Waals surface area contributed by atoms with E-state index in [9.17, 15) is 9.65 Å². The van der Waals surface area contributed by atoms with Gasteiger partial charge in [0.1, 0.15) is 11.9 Å². The monoisotopic (exact) mass is 353 g/mol. The largest absolute Gasteiger partial charge is 0.424 e. The Bertz CT molecular complexity index is 913. The van der Waals surface area contributed by atoms with Gasteiger partial charge in [-0.15, -0.1) is 11.3 Å². The van der Waals surface area contributed by atoms with E-state index in [-0.39, 0.29) is 23.3 Å². The molecule has 2 heterocycles. The second-order valence-electron chi connectivity index (χ2n) is 6.10. The van der Waals surface area contributed by atoms with Crippen molar-refractivity contribution in [2.75, 3.05) is 11.9 Å². The van der Waals surface area contributed by atoms with Crippen LogP contribution in [-0.2, 0) is 6.42 Å². The second kappa shape index (κ2) is 6.69. The van der Waals surface area contributed by atoms with E-state index in [2.05, 4.69) is 22.4 Å². The number of nitrogens with one attached hydrogen (secondary N) is 1. The van der Waals surface area contributed by atoms with Crippen LogP contribution in [0.5, 0.6) is 0 Å². The van der Waals surface area contributed by atoms with E-state index < -0.39 is 0 Å². The lowest BCUT2D eigenvalue weighted by Crippen LogP contribution is -2.04. The number of halogens is 1. The van der Waals surface area contributed by atoms with Gasteiger partial charge in [-0.2, -0.15) is 5.26 Å². The Morgan fingerprint density at radius 1 is 1.32 bits per heavy atom. The molecule has 25 heavy (non-hydrogen) atoms. The average molecular weight is 353 g/mol. The summed E-state index contributed by atoms with van der Waals surface area (Å²) in [5, 5.41) is 14.5. The Balaban J connectivity index is 1.43. The predicted octanol–water partition coefficient (Wildman–Crippen LogP) is 4.67.